The summed E-state index contributed by atoms with van der Waals surface area (Å²) < 4.78 is 0. The summed E-state index contributed by atoms with van der Waals surface area (Å²) in [6.07, 6.45) is 6.02. The van der Waals surface area contributed by atoms with Crippen molar-refractivity contribution in [3.8, 4) is 0 Å². The van der Waals surface area contributed by atoms with Crippen LogP contribution in [0.2, 0.25) is 0 Å². The number of nitrogens with zero attached hydrogens (tertiary/aromatic N) is 1. The lowest BCUT2D eigenvalue weighted by atomic mass is 9.75. The van der Waals surface area contributed by atoms with Gasteiger partial charge in [-0.15, -0.1) is 0 Å². The zero-order valence-electron chi connectivity index (χ0n) is 9.38. The van der Waals surface area contributed by atoms with E-state index in [1.807, 2.05) is 0 Å². The Kier molecular flexibility index (Phi) is 2.65. The topological polar surface area (TPSA) is 20.3 Å². The number of rotatable bonds is 1. The van der Waals surface area contributed by atoms with Gasteiger partial charge < -0.3 is 0 Å². The second-order valence-electron chi connectivity index (χ2n) is 5.65. The van der Waals surface area contributed by atoms with Crippen molar-refractivity contribution < 1.29 is 4.79 Å². The van der Waals surface area contributed by atoms with Gasteiger partial charge in [-0.2, -0.15) is 0 Å². The molecule has 0 spiro atoms. The number of hydrogen-bond acceptors (Lipinski definition) is 2. The molecule has 1 saturated heterocycles. The second kappa shape index (κ2) is 3.65. The normalized spacial score (nSPS) is 29.7. The second-order valence-corrected chi connectivity index (χ2v) is 5.65. The number of ketones is 1. The molecule has 1 aliphatic carbocycles. The number of Topliss-reactive ketones (excluding diaryl/α,β-unsaturated/α-hetero) is 1. The summed E-state index contributed by atoms with van der Waals surface area (Å²) in [5.41, 5.74) is 0.542. The van der Waals surface area contributed by atoms with Crippen molar-refractivity contribution in [1.29, 1.82) is 0 Å². The van der Waals surface area contributed by atoms with Crippen molar-refractivity contribution in [3.05, 3.63) is 0 Å². The van der Waals surface area contributed by atoms with Crippen LogP contribution in [-0.2, 0) is 4.79 Å². The minimum absolute atomic E-state index is 0.440. The van der Waals surface area contributed by atoms with E-state index in [4.69, 9.17) is 0 Å². The Bertz CT molecular complexity index is 224. The SMILES string of the molecule is CC1(C)CCC(N2CCC(=O)C2)CC1. The van der Waals surface area contributed by atoms with E-state index in [1.165, 1.54) is 25.7 Å². The lowest BCUT2D eigenvalue weighted by Crippen LogP contribution is -2.38. The van der Waals surface area contributed by atoms with Crippen LogP contribution in [0.1, 0.15) is 46.0 Å². The molecular formula is C12H21NO. The van der Waals surface area contributed by atoms with Crippen LogP contribution in [0, 0.1) is 5.41 Å². The molecule has 2 aliphatic rings. The molecule has 80 valence electrons. The average molecular weight is 195 g/mol. The monoisotopic (exact) mass is 195 g/mol. The van der Waals surface area contributed by atoms with E-state index in [-0.39, 0.29) is 0 Å². The Morgan fingerprint density at radius 2 is 1.93 bits per heavy atom. The van der Waals surface area contributed by atoms with Gasteiger partial charge in [0.1, 0.15) is 5.78 Å². The van der Waals surface area contributed by atoms with E-state index in [0.717, 1.165) is 19.5 Å². The highest BCUT2D eigenvalue weighted by Crippen LogP contribution is 2.37. The maximum absolute atomic E-state index is 11.2. The zero-order chi connectivity index (χ0) is 10.2. The highest BCUT2D eigenvalue weighted by molar-refractivity contribution is 5.82. The highest BCUT2D eigenvalue weighted by atomic mass is 16.1. The molecule has 0 unspecified atom stereocenters. The van der Waals surface area contributed by atoms with E-state index in [0.29, 0.717) is 17.2 Å². The van der Waals surface area contributed by atoms with E-state index in [2.05, 4.69) is 18.7 Å². The molecule has 0 aromatic heterocycles. The molecule has 0 radical (unpaired) electrons. The van der Waals surface area contributed by atoms with E-state index in [9.17, 15) is 4.79 Å². The van der Waals surface area contributed by atoms with E-state index in [1.54, 1.807) is 0 Å². The zero-order valence-corrected chi connectivity index (χ0v) is 9.38. The van der Waals surface area contributed by atoms with Crippen LogP contribution in [0.15, 0.2) is 0 Å². The molecule has 2 heteroatoms. The molecule has 2 nitrogen and oxygen atoms in total. The van der Waals surface area contributed by atoms with Gasteiger partial charge in [-0.05, 0) is 31.1 Å². The third-order valence-electron chi connectivity index (χ3n) is 3.88. The van der Waals surface area contributed by atoms with E-state index >= 15 is 0 Å². The molecule has 14 heavy (non-hydrogen) atoms. The molecule has 0 atom stereocenters. The summed E-state index contributed by atoms with van der Waals surface area (Å²) in [6, 6.07) is 0.703. The highest BCUT2D eigenvalue weighted by Gasteiger charge is 2.32. The molecule has 0 bridgehead atoms. The molecule has 2 fully saturated rings. The lowest BCUT2D eigenvalue weighted by molar-refractivity contribution is -0.117. The van der Waals surface area contributed by atoms with Gasteiger partial charge in [-0.25, -0.2) is 0 Å². The maximum Gasteiger partial charge on any atom is 0.148 e. The predicted molar refractivity (Wildman–Crippen MR) is 57.2 cm³/mol. The first-order valence-corrected chi connectivity index (χ1v) is 5.83. The van der Waals surface area contributed by atoms with Crippen molar-refractivity contribution in [2.24, 2.45) is 5.41 Å². The summed E-state index contributed by atoms with van der Waals surface area (Å²) in [5.74, 6) is 0.440. The van der Waals surface area contributed by atoms with Crippen LogP contribution in [0.5, 0.6) is 0 Å². The van der Waals surface area contributed by atoms with Crippen LogP contribution in [-0.4, -0.2) is 29.8 Å². The summed E-state index contributed by atoms with van der Waals surface area (Å²) in [4.78, 5) is 13.6. The minimum atomic E-state index is 0.440. The fourth-order valence-electron chi connectivity index (χ4n) is 2.71. The molecular weight excluding hydrogens is 174 g/mol. The van der Waals surface area contributed by atoms with Gasteiger partial charge in [0, 0.05) is 19.0 Å². The fraction of sp³-hybridized carbons (Fsp3) is 0.917. The summed E-state index contributed by atoms with van der Waals surface area (Å²) in [6.45, 7) is 6.46. The molecule has 2 rings (SSSR count). The Morgan fingerprint density at radius 1 is 1.29 bits per heavy atom. The van der Waals surface area contributed by atoms with Crippen molar-refractivity contribution in [1.82, 2.24) is 4.90 Å². The number of carbonyl (C=O) groups is 1. The smallest absolute Gasteiger partial charge is 0.148 e. The largest absolute Gasteiger partial charge is 0.298 e. The van der Waals surface area contributed by atoms with Gasteiger partial charge in [0.05, 0.1) is 6.54 Å². The summed E-state index contributed by atoms with van der Waals surface area (Å²) in [5, 5.41) is 0. The Labute approximate surface area is 86.7 Å². The Hall–Kier alpha value is -0.370. The van der Waals surface area contributed by atoms with Gasteiger partial charge >= 0.3 is 0 Å². The lowest BCUT2D eigenvalue weighted by Gasteiger charge is -2.38. The van der Waals surface area contributed by atoms with Crippen molar-refractivity contribution in [2.75, 3.05) is 13.1 Å². The quantitative estimate of drug-likeness (QED) is 0.639. The molecule has 0 amide bonds. The minimum Gasteiger partial charge on any atom is -0.298 e. The standard InChI is InChI=1S/C12H21NO/c1-12(2)6-3-10(4-7-12)13-8-5-11(14)9-13/h10H,3-9H2,1-2H3. The van der Waals surface area contributed by atoms with Crippen molar-refractivity contribution in [2.45, 2.75) is 52.0 Å². The Balaban J connectivity index is 1.86. The predicted octanol–water partition coefficient (Wildman–Crippen LogP) is 2.23. The van der Waals surface area contributed by atoms with E-state index < -0.39 is 0 Å². The number of hydrogen-bond donors (Lipinski definition) is 0. The van der Waals surface area contributed by atoms with Gasteiger partial charge in [0.25, 0.3) is 0 Å². The summed E-state index contributed by atoms with van der Waals surface area (Å²) >= 11 is 0. The number of likely N-dealkylation sites (tertiary alicyclic amines) is 1. The van der Waals surface area contributed by atoms with Gasteiger partial charge in [-0.1, -0.05) is 13.8 Å². The maximum atomic E-state index is 11.2. The average Bonchev–Trinajstić information content (AvgIpc) is 2.52. The Morgan fingerprint density at radius 3 is 2.43 bits per heavy atom. The van der Waals surface area contributed by atoms with Crippen LogP contribution in [0.25, 0.3) is 0 Å². The van der Waals surface area contributed by atoms with Gasteiger partial charge in [-0.3, -0.25) is 9.69 Å². The van der Waals surface area contributed by atoms with Crippen LogP contribution in [0.4, 0.5) is 0 Å². The third-order valence-corrected chi connectivity index (χ3v) is 3.88. The first kappa shape index (κ1) is 10.2. The number of carbonyl (C=O) groups excluding carboxylic acids is 1. The molecule has 1 saturated carbocycles. The molecule has 0 aromatic carbocycles. The molecule has 1 heterocycles. The molecule has 0 N–H and O–H groups in total. The van der Waals surface area contributed by atoms with Crippen LogP contribution >= 0.6 is 0 Å². The third kappa shape index (κ3) is 2.17. The first-order valence-electron chi connectivity index (χ1n) is 5.83. The molecule has 0 aromatic rings. The first-order chi connectivity index (χ1) is 6.57. The van der Waals surface area contributed by atoms with Crippen molar-refractivity contribution in [3.63, 3.8) is 0 Å². The fourth-order valence-corrected chi connectivity index (χ4v) is 2.71. The van der Waals surface area contributed by atoms with Crippen LogP contribution < -0.4 is 0 Å². The van der Waals surface area contributed by atoms with Gasteiger partial charge in [0.15, 0.2) is 0 Å². The van der Waals surface area contributed by atoms with Crippen molar-refractivity contribution >= 4 is 5.78 Å². The summed E-state index contributed by atoms with van der Waals surface area (Å²) in [7, 11) is 0. The van der Waals surface area contributed by atoms with Gasteiger partial charge in [0.2, 0.25) is 0 Å². The van der Waals surface area contributed by atoms with Crippen LogP contribution in [0.3, 0.4) is 0 Å². The molecule has 1 aliphatic heterocycles.